The first kappa shape index (κ1) is 13.8. The molecule has 2 heterocycles. The van der Waals surface area contributed by atoms with Crippen LogP contribution >= 0.6 is 0 Å². The van der Waals surface area contributed by atoms with Crippen LogP contribution in [0.2, 0.25) is 0 Å². The number of nitro groups is 1. The third-order valence-electron chi connectivity index (χ3n) is 3.80. The van der Waals surface area contributed by atoms with Gasteiger partial charge < -0.3 is 20.3 Å². The van der Waals surface area contributed by atoms with Crippen molar-refractivity contribution >= 4 is 11.6 Å². The average Bonchev–Trinajstić information content (AvgIpc) is 2.80. The third-order valence-corrected chi connectivity index (χ3v) is 3.80. The molecule has 0 bridgehead atoms. The lowest BCUT2D eigenvalue weighted by atomic mass is 10.1. The topological polar surface area (TPSA) is 76.2 Å². The van der Waals surface area contributed by atoms with E-state index in [-0.39, 0.29) is 11.9 Å². The van der Waals surface area contributed by atoms with Crippen molar-refractivity contribution in [2.75, 3.05) is 18.0 Å². The van der Waals surface area contributed by atoms with Crippen LogP contribution in [-0.2, 0) is 7.05 Å². The maximum absolute atomic E-state index is 11.1. The number of piperazine rings is 1. The highest BCUT2D eigenvalue weighted by atomic mass is 16.6. The molecule has 0 saturated carbocycles. The molecule has 0 amide bonds. The summed E-state index contributed by atoms with van der Waals surface area (Å²) in [5.41, 5.74) is 0. The fraction of sp³-hybridized carbons (Fsp3) is 0.750. The SMILES string of the molecule is CCC1CN(c2c([N+](=O)[O-])ncn2C)C(CC)CN1. The van der Waals surface area contributed by atoms with Gasteiger partial charge in [0.25, 0.3) is 0 Å². The van der Waals surface area contributed by atoms with Crippen LogP contribution in [0.1, 0.15) is 26.7 Å². The van der Waals surface area contributed by atoms with Crippen molar-refractivity contribution in [3.63, 3.8) is 0 Å². The van der Waals surface area contributed by atoms with E-state index in [0.29, 0.717) is 11.9 Å². The van der Waals surface area contributed by atoms with E-state index in [1.165, 1.54) is 6.33 Å². The Kier molecular flexibility index (Phi) is 4.04. The van der Waals surface area contributed by atoms with Crippen molar-refractivity contribution in [2.24, 2.45) is 7.05 Å². The fourth-order valence-corrected chi connectivity index (χ4v) is 2.63. The van der Waals surface area contributed by atoms with Crippen molar-refractivity contribution in [3.05, 3.63) is 16.4 Å². The molecular weight excluding hydrogens is 246 g/mol. The van der Waals surface area contributed by atoms with Crippen LogP contribution in [0.15, 0.2) is 6.33 Å². The Morgan fingerprint density at radius 1 is 1.53 bits per heavy atom. The van der Waals surface area contributed by atoms with Crippen molar-refractivity contribution < 1.29 is 4.92 Å². The molecule has 7 nitrogen and oxygen atoms in total. The lowest BCUT2D eigenvalue weighted by Crippen LogP contribution is -2.56. The summed E-state index contributed by atoms with van der Waals surface area (Å²) in [6, 6.07) is 0.647. The van der Waals surface area contributed by atoms with Crippen molar-refractivity contribution in [2.45, 2.75) is 38.8 Å². The van der Waals surface area contributed by atoms with Gasteiger partial charge in [-0.1, -0.05) is 13.8 Å². The fourth-order valence-electron chi connectivity index (χ4n) is 2.63. The molecule has 2 atom stereocenters. The third kappa shape index (κ3) is 2.56. The molecule has 2 unspecified atom stereocenters. The highest BCUT2D eigenvalue weighted by Gasteiger charge is 2.33. The second-order valence-electron chi connectivity index (χ2n) is 4.99. The van der Waals surface area contributed by atoms with Gasteiger partial charge in [-0.25, -0.2) is 0 Å². The van der Waals surface area contributed by atoms with Gasteiger partial charge in [-0.15, -0.1) is 0 Å². The van der Waals surface area contributed by atoms with Crippen LogP contribution in [0.25, 0.3) is 0 Å². The van der Waals surface area contributed by atoms with Gasteiger partial charge >= 0.3 is 5.82 Å². The number of imidazole rings is 1. The highest BCUT2D eigenvalue weighted by Crippen LogP contribution is 2.29. The molecule has 2 rings (SSSR count). The van der Waals surface area contributed by atoms with Gasteiger partial charge in [-0.05, 0) is 22.7 Å². The van der Waals surface area contributed by atoms with Gasteiger partial charge in [0.05, 0.1) is 0 Å². The molecule has 1 fully saturated rings. The van der Waals surface area contributed by atoms with E-state index in [1.807, 2.05) is 7.05 Å². The lowest BCUT2D eigenvalue weighted by Gasteiger charge is -2.40. The first-order valence-corrected chi connectivity index (χ1v) is 6.74. The second kappa shape index (κ2) is 5.56. The Morgan fingerprint density at radius 3 is 2.84 bits per heavy atom. The first-order valence-electron chi connectivity index (χ1n) is 6.74. The Bertz CT molecular complexity index is 459. The molecule has 7 heteroatoms. The Hall–Kier alpha value is -1.63. The van der Waals surface area contributed by atoms with E-state index in [1.54, 1.807) is 4.57 Å². The standard InChI is InChI=1S/C12H21N5O2/c1-4-9-7-16(10(5-2)6-13-9)12-11(17(18)19)14-8-15(12)3/h8-10,13H,4-7H2,1-3H3. The van der Waals surface area contributed by atoms with E-state index in [4.69, 9.17) is 0 Å². The highest BCUT2D eigenvalue weighted by molar-refractivity contribution is 5.56. The summed E-state index contributed by atoms with van der Waals surface area (Å²) in [6.45, 7) is 5.88. The molecule has 1 aliphatic rings. The van der Waals surface area contributed by atoms with E-state index in [9.17, 15) is 10.1 Å². The molecule has 1 aliphatic heterocycles. The van der Waals surface area contributed by atoms with Crippen molar-refractivity contribution in [3.8, 4) is 0 Å². The van der Waals surface area contributed by atoms with Gasteiger partial charge in [0, 0.05) is 32.2 Å². The molecule has 0 aromatic carbocycles. The maximum atomic E-state index is 11.1. The minimum atomic E-state index is -0.398. The smallest absolute Gasteiger partial charge is 0.358 e. The molecule has 0 aliphatic carbocycles. The molecule has 1 N–H and O–H groups in total. The maximum Gasteiger partial charge on any atom is 0.406 e. The van der Waals surface area contributed by atoms with Gasteiger partial charge in [0.15, 0.2) is 0 Å². The Labute approximate surface area is 112 Å². The number of nitrogens with zero attached hydrogens (tertiary/aromatic N) is 4. The average molecular weight is 267 g/mol. The summed E-state index contributed by atoms with van der Waals surface area (Å²) in [6.07, 6.45) is 3.48. The van der Waals surface area contributed by atoms with E-state index < -0.39 is 4.92 Å². The van der Waals surface area contributed by atoms with Crippen LogP contribution < -0.4 is 10.2 Å². The quantitative estimate of drug-likeness (QED) is 0.657. The molecule has 0 radical (unpaired) electrons. The van der Waals surface area contributed by atoms with Crippen LogP contribution in [-0.4, -0.2) is 39.6 Å². The molecule has 0 spiro atoms. The van der Waals surface area contributed by atoms with Crippen LogP contribution in [0, 0.1) is 10.1 Å². The summed E-state index contributed by atoms with van der Waals surface area (Å²) < 4.78 is 1.75. The molecular formula is C12H21N5O2. The number of nitrogens with one attached hydrogen (secondary N) is 1. The van der Waals surface area contributed by atoms with Crippen molar-refractivity contribution in [1.29, 1.82) is 0 Å². The molecule has 1 saturated heterocycles. The van der Waals surface area contributed by atoms with Gasteiger partial charge in [0.2, 0.25) is 12.1 Å². The largest absolute Gasteiger partial charge is 0.406 e. The summed E-state index contributed by atoms with van der Waals surface area (Å²) in [5, 5.41) is 14.6. The molecule has 1 aromatic heterocycles. The van der Waals surface area contributed by atoms with Gasteiger partial charge in [-0.3, -0.25) is 4.57 Å². The van der Waals surface area contributed by atoms with E-state index in [2.05, 4.69) is 29.0 Å². The molecule has 1 aromatic rings. The summed E-state index contributed by atoms with van der Waals surface area (Å²) >= 11 is 0. The van der Waals surface area contributed by atoms with E-state index >= 15 is 0 Å². The summed E-state index contributed by atoms with van der Waals surface area (Å²) in [5.74, 6) is 0.578. The molecule has 106 valence electrons. The monoisotopic (exact) mass is 267 g/mol. The van der Waals surface area contributed by atoms with Crippen LogP contribution in [0.4, 0.5) is 11.6 Å². The van der Waals surface area contributed by atoms with E-state index in [0.717, 1.165) is 25.9 Å². The summed E-state index contributed by atoms with van der Waals surface area (Å²) in [7, 11) is 1.81. The van der Waals surface area contributed by atoms with Crippen molar-refractivity contribution in [1.82, 2.24) is 14.9 Å². The number of hydrogen-bond donors (Lipinski definition) is 1. The normalized spacial score (nSPS) is 23.6. The van der Waals surface area contributed by atoms with Gasteiger partial charge in [0.1, 0.15) is 0 Å². The van der Waals surface area contributed by atoms with Gasteiger partial charge in [-0.2, -0.15) is 0 Å². The number of hydrogen-bond acceptors (Lipinski definition) is 5. The predicted molar refractivity (Wildman–Crippen MR) is 73.4 cm³/mol. The van der Waals surface area contributed by atoms with Crippen LogP contribution in [0.3, 0.4) is 0 Å². The minimum Gasteiger partial charge on any atom is -0.358 e. The number of rotatable bonds is 4. The van der Waals surface area contributed by atoms with Crippen LogP contribution in [0.5, 0.6) is 0 Å². The number of aryl methyl sites for hydroxylation is 1. The zero-order valence-corrected chi connectivity index (χ0v) is 11.7. The minimum absolute atomic E-state index is 0.0438. The first-order chi connectivity index (χ1) is 9.08. The zero-order chi connectivity index (χ0) is 14.0. The number of anilines is 1. The summed E-state index contributed by atoms with van der Waals surface area (Å²) in [4.78, 5) is 16.8. The second-order valence-corrected chi connectivity index (χ2v) is 4.99. The predicted octanol–water partition coefficient (Wildman–Crippen LogP) is 1.30. The Balaban J connectivity index is 2.36. The zero-order valence-electron chi connectivity index (χ0n) is 11.7. The Morgan fingerprint density at radius 2 is 2.26 bits per heavy atom. The number of aromatic nitrogens is 2. The lowest BCUT2D eigenvalue weighted by molar-refractivity contribution is -0.388. The molecule has 19 heavy (non-hydrogen) atoms.